The van der Waals surface area contributed by atoms with Crippen molar-refractivity contribution in [3.05, 3.63) is 53.1 Å². The van der Waals surface area contributed by atoms with Crippen LogP contribution in [0.4, 0.5) is 0 Å². The maximum atomic E-state index is 11.7. The average molecular weight is 301 g/mol. The van der Waals surface area contributed by atoms with Crippen molar-refractivity contribution in [2.75, 3.05) is 21.3 Å². The van der Waals surface area contributed by atoms with Gasteiger partial charge < -0.3 is 19.9 Å². The topological polar surface area (TPSA) is 70.8 Å². The maximum absolute atomic E-state index is 11.7. The van der Waals surface area contributed by atoms with Crippen molar-refractivity contribution in [3.8, 4) is 17.2 Å². The Morgan fingerprint density at radius 1 is 1.00 bits per heavy atom. The van der Waals surface area contributed by atoms with E-state index in [0.717, 1.165) is 11.1 Å². The zero-order chi connectivity index (χ0) is 16.1. The highest BCUT2D eigenvalue weighted by Crippen LogP contribution is 2.31. The lowest BCUT2D eigenvalue weighted by Crippen LogP contribution is -2.14. The summed E-state index contributed by atoms with van der Waals surface area (Å²) in [4.78, 5) is 11.7. The van der Waals surface area contributed by atoms with E-state index in [2.05, 4.69) is 0 Å². The zero-order valence-corrected chi connectivity index (χ0v) is 12.9. The molecule has 2 N–H and O–H groups in total. The van der Waals surface area contributed by atoms with Gasteiger partial charge >= 0.3 is 0 Å². The van der Waals surface area contributed by atoms with Crippen molar-refractivity contribution < 1.29 is 19.0 Å². The number of ether oxygens (including phenoxy) is 3. The number of benzene rings is 2. The monoisotopic (exact) mass is 301 g/mol. The SMILES string of the molecule is COc1ccc(Cc2c(OC)cccc2C(N)=O)c(OC)c1. The molecule has 0 unspecified atom stereocenters. The fraction of sp³-hybridized carbons (Fsp3) is 0.235. The molecule has 2 aromatic carbocycles. The molecule has 0 saturated heterocycles. The van der Waals surface area contributed by atoms with Gasteiger partial charge in [0.05, 0.1) is 21.3 Å². The fourth-order valence-corrected chi connectivity index (χ4v) is 2.36. The molecule has 0 atom stereocenters. The van der Waals surface area contributed by atoms with Crippen LogP contribution in [0.2, 0.25) is 0 Å². The minimum Gasteiger partial charge on any atom is -0.497 e. The van der Waals surface area contributed by atoms with Crippen LogP contribution in [0.3, 0.4) is 0 Å². The van der Waals surface area contributed by atoms with Gasteiger partial charge in [-0.25, -0.2) is 0 Å². The highest BCUT2D eigenvalue weighted by molar-refractivity contribution is 5.95. The second kappa shape index (κ2) is 6.85. The first-order valence-corrected chi connectivity index (χ1v) is 6.77. The predicted molar refractivity (Wildman–Crippen MR) is 83.9 cm³/mol. The van der Waals surface area contributed by atoms with E-state index in [1.54, 1.807) is 45.6 Å². The van der Waals surface area contributed by atoms with Crippen molar-refractivity contribution in [1.29, 1.82) is 0 Å². The first kappa shape index (κ1) is 15.7. The van der Waals surface area contributed by atoms with Crippen LogP contribution in [-0.4, -0.2) is 27.2 Å². The molecule has 0 saturated carbocycles. The van der Waals surface area contributed by atoms with Crippen LogP contribution >= 0.6 is 0 Å². The Labute approximate surface area is 129 Å². The van der Waals surface area contributed by atoms with Crippen molar-refractivity contribution in [2.24, 2.45) is 5.73 Å². The summed E-state index contributed by atoms with van der Waals surface area (Å²) in [5.41, 5.74) is 7.55. The van der Waals surface area contributed by atoms with Gasteiger partial charge in [0.25, 0.3) is 0 Å². The molecular weight excluding hydrogens is 282 g/mol. The molecule has 5 nitrogen and oxygen atoms in total. The zero-order valence-electron chi connectivity index (χ0n) is 12.9. The second-order valence-corrected chi connectivity index (χ2v) is 4.71. The Morgan fingerprint density at radius 3 is 2.32 bits per heavy atom. The van der Waals surface area contributed by atoms with E-state index < -0.39 is 5.91 Å². The third-order valence-electron chi connectivity index (χ3n) is 3.48. The molecule has 0 spiro atoms. The lowest BCUT2D eigenvalue weighted by Gasteiger charge is -2.15. The van der Waals surface area contributed by atoms with Gasteiger partial charge in [-0.2, -0.15) is 0 Å². The van der Waals surface area contributed by atoms with Crippen LogP contribution in [0.15, 0.2) is 36.4 Å². The first-order chi connectivity index (χ1) is 10.6. The standard InChI is InChI=1S/C17H19NO4/c1-20-12-8-7-11(16(10-12)22-3)9-14-13(17(18)19)5-4-6-15(14)21-2/h4-8,10H,9H2,1-3H3,(H2,18,19). The van der Waals surface area contributed by atoms with E-state index in [1.807, 2.05) is 12.1 Å². The summed E-state index contributed by atoms with van der Waals surface area (Å²) in [5, 5.41) is 0. The van der Waals surface area contributed by atoms with E-state index in [0.29, 0.717) is 29.2 Å². The van der Waals surface area contributed by atoms with Crippen LogP contribution in [0.1, 0.15) is 21.5 Å². The van der Waals surface area contributed by atoms with Gasteiger partial charge in [-0.3, -0.25) is 4.79 Å². The normalized spacial score (nSPS) is 10.1. The van der Waals surface area contributed by atoms with Gasteiger partial charge in [0.15, 0.2) is 0 Å². The van der Waals surface area contributed by atoms with Crippen LogP contribution < -0.4 is 19.9 Å². The van der Waals surface area contributed by atoms with Crippen LogP contribution in [0.25, 0.3) is 0 Å². The third kappa shape index (κ3) is 3.14. The molecule has 0 aliphatic rings. The number of hydrogen-bond acceptors (Lipinski definition) is 4. The van der Waals surface area contributed by atoms with Crippen LogP contribution in [0, 0.1) is 0 Å². The Hall–Kier alpha value is -2.69. The van der Waals surface area contributed by atoms with E-state index >= 15 is 0 Å². The van der Waals surface area contributed by atoms with Gasteiger partial charge in [-0.1, -0.05) is 12.1 Å². The summed E-state index contributed by atoms with van der Waals surface area (Å²) in [6.07, 6.45) is 0.468. The van der Waals surface area contributed by atoms with E-state index in [4.69, 9.17) is 19.9 Å². The average Bonchev–Trinajstić information content (AvgIpc) is 2.55. The highest BCUT2D eigenvalue weighted by atomic mass is 16.5. The number of methoxy groups -OCH3 is 3. The van der Waals surface area contributed by atoms with Gasteiger partial charge in [0.2, 0.25) is 5.91 Å². The summed E-state index contributed by atoms with van der Waals surface area (Å²) in [5.74, 6) is 1.52. The van der Waals surface area contributed by atoms with Gasteiger partial charge in [-0.15, -0.1) is 0 Å². The van der Waals surface area contributed by atoms with Crippen molar-refractivity contribution in [3.63, 3.8) is 0 Å². The van der Waals surface area contributed by atoms with E-state index in [1.165, 1.54) is 0 Å². The Kier molecular flexibility index (Phi) is 4.88. The Morgan fingerprint density at radius 2 is 1.73 bits per heavy atom. The summed E-state index contributed by atoms with van der Waals surface area (Å²) < 4.78 is 15.9. The Balaban J connectivity index is 2.48. The minimum atomic E-state index is -0.485. The number of rotatable bonds is 6. The third-order valence-corrected chi connectivity index (χ3v) is 3.48. The van der Waals surface area contributed by atoms with E-state index in [9.17, 15) is 4.79 Å². The second-order valence-electron chi connectivity index (χ2n) is 4.71. The molecule has 5 heteroatoms. The summed E-state index contributed by atoms with van der Waals surface area (Å²) in [6, 6.07) is 10.8. The van der Waals surface area contributed by atoms with Gasteiger partial charge in [-0.05, 0) is 23.8 Å². The molecule has 1 amide bonds. The molecule has 0 heterocycles. The lowest BCUT2D eigenvalue weighted by molar-refractivity contribution is 0.0999. The largest absolute Gasteiger partial charge is 0.497 e. The highest BCUT2D eigenvalue weighted by Gasteiger charge is 2.16. The van der Waals surface area contributed by atoms with Crippen LogP contribution in [0.5, 0.6) is 17.2 Å². The molecule has 0 bridgehead atoms. The lowest BCUT2D eigenvalue weighted by atomic mass is 9.97. The quantitative estimate of drug-likeness (QED) is 0.889. The van der Waals surface area contributed by atoms with Crippen molar-refractivity contribution in [1.82, 2.24) is 0 Å². The van der Waals surface area contributed by atoms with Gasteiger partial charge in [0, 0.05) is 23.6 Å². The summed E-state index contributed by atoms with van der Waals surface area (Å²) in [6.45, 7) is 0. The number of hydrogen-bond donors (Lipinski definition) is 1. The van der Waals surface area contributed by atoms with Crippen LogP contribution in [-0.2, 0) is 6.42 Å². The number of nitrogens with two attached hydrogens (primary N) is 1. The molecule has 116 valence electrons. The number of primary amides is 1. The maximum Gasteiger partial charge on any atom is 0.249 e. The predicted octanol–water partition coefficient (Wildman–Crippen LogP) is 2.40. The molecule has 2 rings (SSSR count). The minimum absolute atomic E-state index is 0.442. The molecule has 0 aliphatic heterocycles. The molecule has 0 radical (unpaired) electrons. The summed E-state index contributed by atoms with van der Waals surface area (Å²) in [7, 11) is 4.75. The molecule has 22 heavy (non-hydrogen) atoms. The van der Waals surface area contributed by atoms with Gasteiger partial charge in [0.1, 0.15) is 17.2 Å². The molecule has 0 aliphatic carbocycles. The van der Waals surface area contributed by atoms with E-state index in [-0.39, 0.29) is 0 Å². The Bertz CT molecular complexity index is 682. The summed E-state index contributed by atoms with van der Waals surface area (Å²) >= 11 is 0. The molecule has 0 aromatic heterocycles. The fourth-order valence-electron chi connectivity index (χ4n) is 2.36. The number of carbonyl (C=O) groups excluding carboxylic acids is 1. The molecular formula is C17H19NO4. The van der Waals surface area contributed by atoms with Crippen molar-refractivity contribution >= 4 is 5.91 Å². The smallest absolute Gasteiger partial charge is 0.249 e. The molecule has 0 fully saturated rings. The molecule has 2 aromatic rings. The number of amides is 1. The van der Waals surface area contributed by atoms with Crippen molar-refractivity contribution in [2.45, 2.75) is 6.42 Å². The first-order valence-electron chi connectivity index (χ1n) is 6.77. The number of carbonyl (C=O) groups is 1.